The van der Waals surface area contributed by atoms with Crippen molar-refractivity contribution in [2.45, 2.75) is 43.6 Å². The third kappa shape index (κ3) is 7.23. The number of pyridine rings is 1. The molecule has 37 heavy (non-hydrogen) atoms. The van der Waals surface area contributed by atoms with Gasteiger partial charge in [0.2, 0.25) is 0 Å². The lowest BCUT2D eigenvalue weighted by Crippen LogP contribution is -2.30. The van der Waals surface area contributed by atoms with Crippen molar-refractivity contribution in [1.29, 1.82) is 5.26 Å². The zero-order chi connectivity index (χ0) is 26.2. The van der Waals surface area contributed by atoms with E-state index in [9.17, 15) is 10.1 Å². The zero-order valence-corrected chi connectivity index (χ0v) is 23.4. The first-order chi connectivity index (χ1) is 18.0. The van der Waals surface area contributed by atoms with Gasteiger partial charge in [0.1, 0.15) is 23.3 Å². The molecule has 3 aromatic rings. The minimum atomic E-state index is -0.183. The Bertz CT molecular complexity index is 1280. The predicted molar refractivity (Wildman–Crippen MR) is 154 cm³/mol. The van der Waals surface area contributed by atoms with Gasteiger partial charge in [-0.1, -0.05) is 36.4 Å². The van der Waals surface area contributed by atoms with Crippen LogP contribution in [-0.4, -0.2) is 48.2 Å². The molecule has 1 aliphatic rings. The molecule has 1 aromatic heterocycles. The van der Waals surface area contributed by atoms with Crippen LogP contribution < -0.4 is 20.1 Å². The van der Waals surface area contributed by atoms with Crippen LogP contribution in [0.3, 0.4) is 0 Å². The second-order valence-electron chi connectivity index (χ2n) is 8.94. The van der Waals surface area contributed by atoms with Crippen LogP contribution in [0.5, 0.6) is 17.2 Å². The quantitative estimate of drug-likeness (QED) is 0.143. The lowest BCUT2D eigenvalue weighted by Gasteiger charge is -2.18. The highest BCUT2D eigenvalue weighted by molar-refractivity contribution is 14.1. The summed E-state index contributed by atoms with van der Waals surface area (Å²) in [6.07, 6.45) is 4.65. The summed E-state index contributed by atoms with van der Waals surface area (Å²) in [4.78, 5) is 19.0. The SMILES string of the molecule is CCN(CC)CCCOc1cc2nccc(Oc3ccc(NC(=O)NC4CC4)c(CI)c3)c2cc1C#N. The number of fused-ring (bicyclic) bond motifs is 1. The fraction of sp³-hybridized carbons (Fsp3) is 0.393. The molecule has 0 atom stereocenters. The lowest BCUT2D eigenvalue weighted by molar-refractivity contribution is 0.249. The van der Waals surface area contributed by atoms with Crippen LogP contribution in [0.4, 0.5) is 10.5 Å². The molecular formula is C28H32IN5O3. The van der Waals surface area contributed by atoms with Gasteiger partial charge >= 0.3 is 6.03 Å². The number of amides is 2. The number of anilines is 1. The molecule has 0 bridgehead atoms. The summed E-state index contributed by atoms with van der Waals surface area (Å²) >= 11 is 2.27. The summed E-state index contributed by atoms with van der Waals surface area (Å²) < 4.78 is 12.9. The van der Waals surface area contributed by atoms with Gasteiger partial charge in [0.05, 0.1) is 17.7 Å². The Morgan fingerprint density at radius 3 is 2.70 bits per heavy atom. The summed E-state index contributed by atoms with van der Waals surface area (Å²) in [5.74, 6) is 1.77. The topological polar surface area (TPSA) is 99.5 Å². The van der Waals surface area contributed by atoms with Gasteiger partial charge in [-0.15, -0.1) is 0 Å². The van der Waals surface area contributed by atoms with Crippen LogP contribution in [0.2, 0.25) is 0 Å². The Hall–Kier alpha value is -3.10. The van der Waals surface area contributed by atoms with Crippen LogP contribution in [0.15, 0.2) is 42.6 Å². The molecule has 9 heteroatoms. The lowest BCUT2D eigenvalue weighted by atomic mass is 10.1. The van der Waals surface area contributed by atoms with Gasteiger partial charge in [-0.3, -0.25) is 4.98 Å². The van der Waals surface area contributed by atoms with Crippen molar-refractivity contribution >= 4 is 45.2 Å². The number of urea groups is 1. The summed E-state index contributed by atoms with van der Waals surface area (Å²) in [5.41, 5.74) is 2.86. The number of alkyl halides is 1. The number of nitrogens with one attached hydrogen (secondary N) is 2. The van der Waals surface area contributed by atoms with Crippen molar-refractivity contribution < 1.29 is 14.3 Å². The van der Waals surface area contributed by atoms with Gasteiger partial charge in [-0.05, 0) is 68.2 Å². The molecule has 2 N–H and O–H groups in total. The molecule has 1 fully saturated rings. The van der Waals surface area contributed by atoms with Crippen LogP contribution in [0.1, 0.15) is 44.2 Å². The maximum atomic E-state index is 12.2. The maximum Gasteiger partial charge on any atom is 0.319 e. The molecule has 8 nitrogen and oxygen atoms in total. The molecule has 0 unspecified atom stereocenters. The molecule has 1 aliphatic carbocycles. The van der Waals surface area contributed by atoms with Crippen molar-refractivity contribution in [2.24, 2.45) is 0 Å². The molecule has 2 amide bonds. The number of hydrogen-bond acceptors (Lipinski definition) is 6. The van der Waals surface area contributed by atoms with Crippen LogP contribution in [0, 0.1) is 11.3 Å². The van der Waals surface area contributed by atoms with E-state index in [2.05, 4.69) is 63.0 Å². The van der Waals surface area contributed by atoms with E-state index in [1.807, 2.05) is 18.2 Å². The molecule has 4 rings (SSSR count). The fourth-order valence-electron chi connectivity index (χ4n) is 4.02. The molecular weight excluding hydrogens is 581 g/mol. The first-order valence-corrected chi connectivity index (χ1v) is 14.2. The van der Waals surface area contributed by atoms with Crippen LogP contribution in [-0.2, 0) is 4.43 Å². The van der Waals surface area contributed by atoms with Gasteiger partial charge in [-0.25, -0.2) is 4.79 Å². The van der Waals surface area contributed by atoms with E-state index in [1.165, 1.54) is 0 Å². The maximum absolute atomic E-state index is 12.2. The normalized spacial score (nSPS) is 12.8. The van der Waals surface area contributed by atoms with Crippen molar-refractivity contribution in [2.75, 3.05) is 31.6 Å². The predicted octanol–water partition coefficient (Wildman–Crippen LogP) is 6.23. The number of nitriles is 1. The Morgan fingerprint density at radius 2 is 2.00 bits per heavy atom. The summed E-state index contributed by atoms with van der Waals surface area (Å²) in [7, 11) is 0. The van der Waals surface area contributed by atoms with Crippen LogP contribution >= 0.6 is 22.6 Å². The minimum Gasteiger partial charge on any atom is -0.492 e. The second kappa shape index (κ2) is 12.9. The number of rotatable bonds is 12. The number of hydrogen-bond donors (Lipinski definition) is 2. The number of nitrogens with zero attached hydrogens (tertiary/aromatic N) is 3. The average molecular weight is 614 g/mol. The average Bonchev–Trinajstić information content (AvgIpc) is 3.73. The second-order valence-corrected chi connectivity index (χ2v) is 9.71. The Kier molecular flexibility index (Phi) is 9.41. The summed E-state index contributed by atoms with van der Waals surface area (Å²) in [5, 5.41) is 16.4. The number of carbonyl (C=O) groups excluding carboxylic acids is 1. The fourth-order valence-corrected chi connectivity index (χ4v) is 4.65. The van der Waals surface area contributed by atoms with Gasteiger partial charge < -0.3 is 25.0 Å². The molecule has 0 spiro atoms. The van der Waals surface area contributed by atoms with Crippen LogP contribution in [0.25, 0.3) is 10.9 Å². The standard InChI is InChI=1S/C28H32IN5O3/c1-3-34(4-2)12-5-13-36-27-16-25-23(15-20(27)18-30)26(10-11-31-25)37-22-8-9-24(19(14-22)17-29)33-28(35)32-21-6-7-21/h8-11,14-16,21H,3-7,12-13,17H2,1-2H3,(H2,32,33,35). The number of carbonyl (C=O) groups is 1. The third-order valence-corrected chi connectivity index (χ3v) is 7.13. The Morgan fingerprint density at radius 1 is 1.19 bits per heavy atom. The molecule has 0 saturated heterocycles. The Labute approximate surface area is 231 Å². The first-order valence-electron chi connectivity index (χ1n) is 12.7. The molecule has 1 heterocycles. The van der Waals surface area contributed by atoms with E-state index < -0.39 is 0 Å². The van der Waals surface area contributed by atoms with Gasteiger partial charge in [0.25, 0.3) is 0 Å². The number of ether oxygens (including phenoxy) is 2. The number of halogens is 1. The van der Waals surface area contributed by atoms with Crippen molar-refractivity contribution in [1.82, 2.24) is 15.2 Å². The zero-order valence-electron chi connectivity index (χ0n) is 21.2. The van der Waals surface area contributed by atoms with E-state index >= 15 is 0 Å². The van der Waals surface area contributed by atoms with Gasteiger partial charge in [-0.2, -0.15) is 5.26 Å². The largest absolute Gasteiger partial charge is 0.492 e. The van der Waals surface area contributed by atoms with E-state index in [1.54, 1.807) is 24.4 Å². The van der Waals surface area contributed by atoms with E-state index in [0.29, 0.717) is 45.4 Å². The highest BCUT2D eigenvalue weighted by atomic mass is 127. The monoisotopic (exact) mass is 613 g/mol. The first kappa shape index (κ1) is 26.9. The van der Waals surface area contributed by atoms with Crippen molar-refractivity contribution in [3.8, 4) is 23.3 Å². The third-order valence-electron chi connectivity index (χ3n) is 6.30. The number of aromatic nitrogens is 1. The summed E-state index contributed by atoms with van der Waals surface area (Å²) in [6.45, 7) is 7.81. The van der Waals surface area contributed by atoms with E-state index in [4.69, 9.17) is 9.47 Å². The smallest absolute Gasteiger partial charge is 0.319 e. The van der Waals surface area contributed by atoms with Crippen molar-refractivity contribution in [3.05, 3.63) is 53.7 Å². The molecule has 1 saturated carbocycles. The van der Waals surface area contributed by atoms with Crippen molar-refractivity contribution in [3.63, 3.8) is 0 Å². The Balaban J connectivity index is 1.49. The molecule has 0 aliphatic heterocycles. The minimum absolute atomic E-state index is 0.183. The highest BCUT2D eigenvalue weighted by Crippen LogP contribution is 2.34. The molecule has 2 aromatic carbocycles. The molecule has 194 valence electrons. The summed E-state index contributed by atoms with van der Waals surface area (Å²) in [6, 6.07) is 13.3. The molecule has 0 radical (unpaired) electrons. The van der Waals surface area contributed by atoms with E-state index in [-0.39, 0.29) is 6.03 Å². The van der Waals surface area contributed by atoms with Gasteiger partial charge in [0.15, 0.2) is 0 Å². The van der Waals surface area contributed by atoms with Gasteiger partial charge in [0, 0.05) is 40.4 Å². The number of benzene rings is 2. The highest BCUT2D eigenvalue weighted by Gasteiger charge is 2.23. The van der Waals surface area contributed by atoms with E-state index in [0.717, 1.165) is 55.5 Å².